The lowest BCUT2D eigenvalue weighted by atomic mass is 10.2. The summed E-state index contributed by atoms with van der Waals surface area (Å²) in [6, 6.07) is 9.11. The zero-order valence-corrected chi connectivity index (χ0v) is 11.5. The van der Waals surface area contributed by atoms with Crippen molar-refractivity contribution in [3.63, 3.8) is 0 Å². The Labute approximate surface area is 117 Å². The summed E-state index contributed by atoms with van der Waals surface area (Å²) in [5.41, 5.74) is 0.627. The average Bonchev–Trinajstić information content (AvgIpc) is 2.33. The Morgan fingerprint density at radius 1 is 1.22 bits per heavy atom. The van der Waals surface area contributed by atoms with Crippen LogP contribution in [0.15, 0.2) is 40.9 Å². The number of hydrogen-bond donors (Lipinski definition) is 1. The van der Waals surface area contributed by atoms with Gasteiger partial charge in [-0.3, -0.25) is 0 Å². The molecule has 0 atom stereocenters. The van der Waals surface area contributed by atoms with Gasteiger partial charge in [-0.25, -0.2) is 4.39 Å². The van der Waals surface area contributed by atoms with E-state index in [2.05, 4.69) is 15.9 Å². The fourth-order valence-electron chi connectivity index (χ4n) is 1.40. The summed E-state index contributed by atoms with van der Waals surface area (Å²) < 4.78 is 19.0. The number of hydrogen-bond acceptors (Lipinski definition) is 2. The topological polar surface area (TPSA) is 29.5 Å². The zero-order valence-electron chi connectivity index (χ0n) is 9.16. The summed E-state index contributed by atoms with van der Waals surface area (Å²) in [7, 11) is 0. The third-order valence-electron chi connectivity index (χ3n) is 2.32. The van der Waals surface area contributed by atoms with Gasteiger partial charge in [0.1, 0.15) is 17.3 Å². The quantitative estimate of drug-likeness (QED) is 0.895. The van der Waals surface area contributed by atoms with Crippen molar-refractivity contribution in [2.75, 3.05) is 0 Å². The first-order valence-corrected chi connectivity index (χ1v) is 6.29. The molecule has 0 aliphatic carbocycles. The van der Waals surface area contributed by atoms with Crippen LogP contribution in [0.1, 0.15) is 5.56 Å². The molecule has 0 aliphatic heterocycles. The highest BCUT2D eigenvalue weighted by Crippen LogP contribution is 2.32. The highest BCUT2D eigenvalue weighted by Gasteiger charge is 2.06. The molecular weight excluding hydrogens is 322 g/mol. The van der Waals surface area contributed by atoms with Crippen LogP contribution >= 0.6 is 27.5 Å². The van der Waals surface area contributed by atoms with E-state index in [1.165, 1.54) is 18.2 Å². The van der Waals surface area contributed by atoms with Crippen molar-refractivity contribution in [1.82, 2.24) is 0 Å². The van der Waals surface area contributed by atoms with Crippen LogP contribution in [-0.2, 0) is 6.61 Å². The molecule has 94 valence electrons. The summed E-state index contributed by atoms with van der Waals surface area (Å²) in [5, 5.41) is 9.42. The van der Waals surface area contributed by atoms with Crippen LogP contribution in [0.4, 0.5) is 4.39 Å². The van der Waals surface area contributed by atoms with E-state index in [4.69, 9.17) is 21.4 Å². The lowest BCUT2D eigenvalue weighted by Gasteiger charge is -2.09. The molecule has 0 radical (unpaired) electrons. The van der Waals surface area contributed by atoms with E-state index in [-0.39, 0.29) is 12.4 Å². The van der Waals surface area contributed by atoms with Crippen molar-refractivity contribution in [3.8, 4) is 11.5 Å². The van der Waals surface area contributed by atoms with E-state index < -0.39 is 0 Å². The predicted octanol–water partition coefficient (Wildman–Crippen LogP) is 4.53. The number of aliphatic hydroxyl groups excluding tert-OH is 1. The number of rotatable bonds is 3. The Kier molecular flexibility index (Phi) is 4.22. The molecule has 2 aromatic carbocycles. The van der Waals surface area contributed by atoms with Gasteiger partial charge in [0.2, 0.25) is 0 Å². The predicted molar refractivity (Wildman–Crippen MR) is 71.5 cm³/mol. The van der Waals surface area contributed by atoms with Crippen LogP contribution in [0.25, 0.3) is 0 Å². The second-order valence-electron chi connectivity index (χ2n) is 3.59. The molecule has 0 bridgehead atoms. The Hall–Kier alpha value is -1.10. The molecule has 18 heavy (non-hydrogen) atoms. The highest BCUT2D eigenvalue weighted by atomic mass is 79.9. The van der Waals surface area contributed by atoms with Gasteiger partial charge in [0.05, 0.1) is 11.1 Å². The Morgan fingerprint density at radius 2 is 2.00 bits per heavy atom. The highest BCUT2D eigenvalue weighted by molar-refractivity contribution is 9.10. The standard InChI is InChI=1S/C13H9BrClFO2/c14-11-5-9(16)2-4-13(11)18-10-3-1-8(7-17)12(15)6-10/h1-6,17H,7H2. The number of ether oxygens (including phenoxy) is 1. The van der Waals surface area contributed by atoms with Gasteiger partial charge in [0.15, 0.2) is 0 Å². The van der Waals surface area contributed by atoms with Crippen molar-refractivity contribution < 1.29 is 14.2 Å². The van der Waals surface area contributed by atoms with Gasteiger partial charge in [0, 0.05) is 5.02 Å². The lowest BCUT2D eigenvalue weighted by Crippen LogP contribution is -1.89. The van der Waals surface area contributed by atoms with Gasteiger partial charge in [-0.05, 0) is 51.8 Å². The van der Waals surface area contributed by atoms with Gasteiger partial charge in [-0.1, -0.05) is 17.7 Å². The first-order chi connectivity index (χ1) is 8.60. The fourth-order valence-corrected chi connectivity index (χ4v) is 2.07. The molecule has 1 N–H and O–H groups in total. The first-order valence-electron chi connectivity index (χ1n) is 5.12. The van der Waals surface area contributed by atoms with Crippen molar-refractivity contribution in [2.45, 2.75) is 6.61 Å². The lowest BCUT2D eigenvalue weighted by molar-refractivity contribution is 0.282. The molecule has 0 fully saturated rings. The van der Waals surface area contributed by atoms with Crippen LogP contribution in [-0.4, -0.2) is 5.11 Å². The third-order valence-corrected chi connectivity index (χ3v) is 3.29. The smallest absolute Gasteiger partial charge is 0.141 e. The number of halogens is 3. The minimum Gasteiger partial charge on any atom is -0.456 e. The average molecular weight is 332 g/mol. The van der Waals surface area contributed by atoms with Gasteiger partial charge >= 0.3 is 0 Å². The van der Waals surface area contributed by atoms with Crippen LogP contribution in [0, 0.1) is 5.82 Å². The summed E-state index contributed by atoms with van der Waals surface area (Å²) in [6.07, 6.45) is 0. The van der Waals surface area contributed by atoms with Crippen LogP contribution in [0.2, 0.25) is 5.02 Å². The Morgan fingerprint density at radius 3 is 2.61 bits per heavy atom. The molecule has 0 heterocycles. The fraction of sp³-hybridized carbons (Fsp3) is 0.0769. The largest absolute Gasteiger partial charge is 0.456 e. The minimum absolute atomic E-state index is 0.126. The molecule has 2 aromatic rings. The summed E-state index contributed by atoms with van der Waals surface area (Å²) >= 11 is 9.16. The molecule has 2 rings (SSSR count). The SMILES string of the molecule is OCc1ccc(Oc2ccc(F)cc2Br)cc1Cl. The Balaban J connectivity index is 2.26. The maximum atomic E-state index is 12.9. The van der Waals surface area contributed by atoms with E-state index in [9.17, 15) is 4.39 Å². The van der Waals surface area contributed by atoms with Crippen molar-refractivity contribution >= 4 is 27.5 Å². The monoisotopic (exact) mass is 330 g/mol. The second kappa shape index (κ2) is 5.69. The molecule has 0 saturated carbocycles. The van der Waals surface area contributed by atoms with E-state index >= 15 is 0 Å². The maximum absolute atomic E-state index is 12.9. The number of aliphatic hydroxyl groups is 1. The van der Waals surface area contributed by atoms with Gasteiger partial charge in [-0.2, -0.15) is 0 Å². The summed E-state index contributed by atoms with van der Waals surface area (Å²) in [4.78, 5) is 0. The molecule has 0 amide bonds. The molecule has 0 spiro atoms. The van der Waals surface area contributed by atoms with E-state index in [0.29, 0.717) is 26.6 Å². The molecule has 0 unspecified atom stereocenters. The van der Waals surface area contributed by atoms with E-state index in [1.807, 2.05) is 0 Å². The van der Waals surface area contributed by atoms with Gasteiger partial charge in [-0.15, -0.1) is 0 Å². The molecule has 0 aliphatic rings. The summed E-state index contributed by atoms with van der Waals surface area (Å²) in [6.45, 7) is -0.126. The van der Waals surface area contributed by atoms with Gasteiger partial charge in [0.25, 0.3) is 0 Å². The van der Waals surface area contributed by atoms with Gasteiger partial charge < -0.3 is 9.84 Å². The third kappa shape index (κ3) is 3.02. The van der Waals surface area contributed by atoms with E-state index in [0.717, 1.165) is 0 Å². The van der Waals surface area contributed by atoms with Crippen molar-refractivity contribution in [3.05, 3.63) is 57.3 Å². The maximum Gasteiger partial charge on any atom is 0.141 e. The molecule has 5 heteroatoms. The van der Waals surface area contributed by atoms with Crippen LogP contribution < -0.4 is 4.74 Å². The minimum atomic E-state index is -0.345. The molecule has 2 nitrogen and oxygen atoms in total. The summed E-state index contributed by atoms with van der Waals surface area (Å²) in [5.74, 6) is 0.664. The Bertz CT molecular complexity index is 575. The van der Waals surface area contributed by atoms with E-state index in [1.54, 1.807) is 18.2 Å². The van der Waals surface area contributed by atoms with Crippen molar-refractivity contribution in [1.29, 1.82) is 0 Å². The molecule has 0 aromatic heterocycles. The van der Waals surface area contributed by atoms with Crippen LogP contribution in [0.5, 0.6) is 11.5 Å². The van der Waals surface area contributed by atoms with Crippen LogP contribution in [0.3, 0.4) is 0 Å². The first kappa shape index (κ1) is 13.3. The zero-order chi connectivity index (χ0) is 13.1. The molecular formula is C13H9BrClFO2. The second-order valence-corrected chi connectivity index (χ2v) is 4.85. The number of benzene rings is 2. The molecule has 0 saturated heterocycles. The normalized spacial score (nSPS) is 10.4. The van der Waals surface area contributed by atoms with Crippen molar-refractivity contribution in [2.24, 2.45) is 0 Å².